The number of hydrogen-bond acceptors (Lipinski definition) is 6. The second kappa shape index (κ2) is 11.4. The Morgan fingerprint density at radius 2 is 2.00 bits per heavy atom. The molecule has 3 amide bonds. The van der Waals surface area contributed by atoms with Crippen LogP contribution in [0.5, 0.6) is 11.5 Å². The molecule has 0 aromatic heterocycles. The van der Waals surface area contributed by atoms with Gasteiger partial charge in [-0.05, 0) is 55.7 Å². The molecule has 0 radical (unpaired) electrons. The topological polar surface area (TPSA) is 106 Å². The Balaban J connectivity index is 1.46. The molecule has 1 saturated heterocycles. The van der Waals surface area contributed by atoms with Gasteiger partial charge in [-0.15, -0.1) is 0 Å². The molecule has 2 aromatic rings. The highest BCUT2D eigenvalue weighted by Gasteiger charge is 2.39. The van der Waals surface area contributed by atoms with Gasteiger partial charge in [0.25, 0.3) is 11.8 Å². The van der Waals surface area contributed by atoms with E-state index in [9.17, 15) is 14.4 Å². The number of anilines is 1. The van der Waals surface area contributed by atoms with E-state index in [4.69, 9.17) is 14.2 Å². The molecule has 0 bridgehead atoms. The number of likely N-dealkylation sites (N-methyl/N-ethyl adjacent to an activating group) is 1. The monoisotopic (exact) mass is 495 g/mol. The van der Waals surface area contributed by atoms with E-state index >= 15 is 0 Å². The molecule has 0 unspecified atom stereocenters. The molecule has 2 aliphatic heterocycles. The van der Waals surface area contributed by atoms with Gasteiger partial charge in [-0.1, -0.05) is 13.0 Å². The number of benzene rings is 2. The van der Waals surface area contributed by atoms with Crippen molar-refractivity contribution < 1.29 is 28.6 Å². The van der Waals surface area contributed by atoms with Gasteiger partial charge in [0.15, 0.2) is 0 Å². The normalized spacial score (nSPS) is 21.2. The number of ether oxygens (including phenoxy) is 3. The van der Waals surface area contributed by atoms with Crippen molar-refractivity contribution in [1.82, 2.24) is 10.2 Å². The van der Waals surface area contributed by atoms with E-state index in [-0.39, 0.29) is 42.6 Å². The number of nitrogens with zero attached hydrogens (tertiary/aromatic N) is 1. The van der Waals surface area contributed by atoms with Gasteiger partial charge in [-0.3, -0.25) is 14.4 Å². The number of nitrogens with one attached hydrogen (secondary N) is 2. The molecule has 2 aromatic carbocycles. The van der Waals surface area contributed by atoms with Crippen molar-refractivity contribution in [2.45, 2.75) is 50.9 Å². The average molecular weight is 496 g/mol. The van der Waals surface area contributed by atoms with Crippen LogP contribution in [0.4, 0.5) is 5.69 Å². The average Bonchev–Trinajstić information content (AvgIpc) is 2.89. The fraction of sp³-hybridized carbons (Fsp3) is 0.444. The van der Waals surface area contributed by atoms with Gasteiger partial charge in [0.2, 0.25) is 5.91 Å². The highest BCUT2D eigenvalue weighted by atomic mass is 16.5. The molecule has 2 heterocycles. The molecule has 0 saturated carbocycles. The zero-order valence-corrected chi connectivity index (χ0v) is 20.9. The number of carbonyl (C=O) groups excluding carboxylic acids is 3. The van der Waals surface area contributed by atoms with Crippen LogP contribution in [0.1, 0.15) is 53.3 Å². The number of hydrogen-bond donors (Lipinski definition) is 2. The van der Waals surface area contributed by atoms with Crippen LogP contribution < -0.4 is 20.1 Å². The third-order valence-electron chi connectivity index (χ3n) is 6.59. The van der Waals surface area contributed by atoms with E-state index in [0.29, 0.717) is 54.1 Å². The van der Waals surface area contributed by atoms with Crippen LogP contribution in [0.2, 0.25) is 0 Å². The lowest BCUT2D eigenvalue weighted by Gasteiger charge is -2.42. The molecule has 9 nitrogen and oxygen atoms in total. The molecule has 2 aliphatic rings. The molecular formula is C27H33N3O6. The van der Waals surface area contributed by atoms with Gasteiger partial charge in [0.1, 0.15) is 24.2 Å². The Morgan fingerprint density at radius 3 is 2.78 bits per heavy atom. The second-order valence-electron chi connectivity index (χ2n) is 9.12. The van der Waals surface area contributed by atoms with Crippen LogP contribution >= 0.6 is 0 Å². The first-order valence-corrected chi connectivity index (χ1v) is 12.3. The quantitative estimate of drug-likeness (QED) is 0.611. The summed E-state index contributed by atoms with van der Waals surface area (Å²) in [7, 11) is 3.30. The summed E-state index contributed by atoms with van der Waals surface area (Å²) in [5, 5.41) is 5.73. The van der Waals surface area contributed by atoms with E-state index in [2.05, 4.69) is 10.6 Å². The predicted octanol–water partition coefficient (Wildman–Crippen LogP) is 3.24. The zero-order chi connectivity index (χ0) is 25.7. The number of carbonyl (C=O) groups is 3. The zero-order valence-electron chi connectivity index (χ0n) is 20.9. The van der Waals surface area contributed by atoms with Crippen molar-refractivity contribution in [3.63, 3.8) is 0 Å². The molecular weight excluding hydrogens is 462 g/mol. The number of rotatable bonds is 7. The minimum absolute atomic E-state index is 0.0228. The SMILES string of the molecule is CCCNC(=O)C[C@H]1CC[C@@H]2[C@@H](COc3ccc(NC(=O)c4cccc(OC)c4)cc3C(=O)N2C)O1. The van der Waals surface area contributed by atoms with E-state index in [0.717, 1.165) is 6.42 Å². The third kappa shape index (κ3) is 5.79. The first-order chi connectivity index (χ1) is 17.4. The first-order valence-electron chi connectivity index (χ1n) is 12.3. The minimum atomic E-state index is -0.336. The van der Waals surface area contributed by atoms with E-state index in [1.807, 2.05) is 6.92 Å². The largest absolute Gasteiger partial charge is 0.497 e. The Hall–Kier alpha value is -3.59. The third-order valence-corrected chi connectivity index (χ3v) is 6.59. The van der Waals surface area contributed by atoms with Crippen molar-refractivity contribution in [2.75, 3.05) is 32.6 Å². The van der Waals surface area contributed by atoms with Gasteiger partial charge >= 0.3 is 0 Å². The fourth-order valence-corrected chi connectivity index (χ4v) is 4.62. The Bertz CT molecular complexity index is 1120. The summed E-state index contributed by atoms with van der Waals surface area (Å²) >= 11 is 0. The molecule has 9 heteroatoms. The minimum Gasteiger partial charge on any atom is -0.497 e. The van der Waals surface area contributed by atoms with Crippen molar-refractivity contribution in [3.8, 4) is 11.5 Å². The molecule has 36 heavy (non-hydrogen) atoms. The molecule has 3 atom stereocenters. The van der Waals surface area contributed by atoms with Crippen LogP contribution in [-0.4, -0.2) is 68.2 Å². The van der Waals surface area contributed by atoms with Crippen molar-refractivity contribution in [1.29, 1.82) is 0 Å². The van der Waals surface area contributed by atoms with Crippen molar-refractivity contribution >= 4 is 23.4 Å². The van der Waals surface area contributed by atoms with Gasteiger partial charge in [-0.2, -0.15) is 0 Å². The maximum absolute atomic E-state index is 13.4. The summed E-state index contributed by atoms with van der Waals surface area (Å²) < 4.78 is 17.4. The van der Waals surface area contributed by atoms with E-state index in [1.165, 1.54) is 0 Å². The summed E-state index contributed by atoms with van der Waals surface area (Å²) in [4.78, 5) is 40.0. The smallest absolute Gasteiger partial charge is 0.257 e. The van der Waals surface area contributed by atoms with Gasteiger partial charge < -0.3 is 29.7 Å². The van der Waals surface area contributed by atoms with E-state index < -0.39 is 0 Å². The molecule has 1 fully saturated rings. The lowest BCUT2D eigenvalue weighted by molar-refractivity contribution is -0.134. The van der Waals surface area contributed by atoms with Crippen molar-refractivity contribution in [3.05, 3.63) is 53.6 Å². The van der Waals surface area contributed by atoms with Gasteiger partial charge in [0.05, 0.1) is 31.2 Å². The molecule has 4 rings (SSSR count). The maximum atomic E-state index is 13.4. The predicted molar refractivity (Wildman–Crippen MR) is 135 cm³/mol. The summed E-state index contributed by atoms with van der Waals surface area (Å²) in [6.45, 7) is 2.92. The van der Waals surface area contributed by atoms with Crippen LogP contribution in [0.3, 0.4) is 0 Å². The summed E-state index contributed by atoms with van der Waals surface area (Å²) in [6.07, 6.45) is 2.04. The van der Waals surface area contributed by atoms with Crippen LogP contribution in [0.15, 0.2) is 42.5 Å². The van der Waals surface area contributed by atoms with Gasteiger partial charge in [-0.25, -0.2) is 0 Å². The highest BCUT2D eigenvalue weighted by Crippen LogP contribution is 2.32. The standard InChI is InChI=1S/C27H33N3O6/c1-4-12-28-25(31)15-20-9-10-22-24(36-20)16-35-23-11-8-18(14-21(23)27(33)30(22)2)29-26(32)17-6-5-7-19(13-17)34-3/h5-8,11,13-14,20,22,24H,4,9-10,12,15-16H2,1-3H3,(H,28,31)(H,29,32)/t20-,22-,24-/m1/s1. The Kier molecular flexibility index (Phi) is 8.10. The second-order valence-corrected chi connectivity index (χ2v) is 9.12. The maximum Gasteiger partial charge on any atom is 0.257 e. The number of amides is 3. The summed E-state index contributed by atoms with van der Waals surface area (Å²) in [6, 6.07) is 11.7. The molecule has 192 valence electrons. The highest BCUT2D eigenvalue weighted by molar-refractivity contribution is 6.05. The lowest BCUT2D eigenvalue weighted by Crippen LogP contribution is -2.54. The first kappa shape index (κ1) is 25.5. The number of fused-ring (bicyclic) bond motifs is 2. The summed E-state index contributed by atoms with van der Waals surface area (Å²) in [5.74, 6) is 0.469. The Morgan fingerprint density at radius 1 is 1.17 bits per heavy atom. The number of methoxy groups -OCH3 is 1. The van der Waals surface area contributed by atoms with Crippen molar-refractivity contribution in [2.24, 2.45) is 0 Å². The Labute approximate surface area is 211 Å². The molecule has 2 N–H and O–H groups in total. The van der Waals surface area contributed by atoms with Gasteiger partial charge in [0, 0.05) is 24.8 Å². The van der Waals surface area contributed by atoms with Crippen LogP contribution in [-0.2, 0) is 9.53 Å². The van der Waals surface area contributed by atoms with E-state index in [1.54, 1.807) is 61.5 Å². The van der Waals surface area contributed by atoms with Crippen LogP contribution in [0.25, 0.3) is 0 Å². The van der Waals surface area contributed by atoms with Crippen LogP contribution in [0, 0.1) is 0 Å². The molecule has 0 aliphatic carbocycles. The lowest BCUT2D eigenvalue weighted by atomic mass is 9.94. The summed E-state index contributed by atoms with van der Waals surface area (Å²) in [5.41, 5.74) is 1.31. The molecule has 0 spiro atoms. The fourth-order valence-electron chi connectivity index (χ4n) is 4.62.